The van der Waals surface area contributed by atoms with Crippen molar-refractivity contribution < 1.29 is 9.34 Å². The average molecular weight is 458 g/mol. The Labute approximate surface area is 195 Å². The number of benzene rings is 1. The molecule has 1 aliphatic rings. The normalized spacial score (nSPS) is 17.7. The van der Waals surface area contributed by atoms with E-state index in [2.05, 4.69) is 15.3 Å². The average Bonchev–Trinajstić information content (AvgIpc) is 3.45. The van der Waals surface area contributed by atoms with E-state index in [1.54, 1.807) is 24.5 Å². The highest BCUT2D eigenvalue weighted by Crippen LogP contribution is 2.41. The molecule has 1 aromatic carbocycles. The maximum absolute atomic E-state index is 11.2. The van der Waals surface area contributed by atoms with Crippen molar-refractivity contribution in [2.75, 3.05) is 0 Å². The lowest BCUT2D eigenvalue weighted by Crippen LogP contribution is -2.29. The summed E-state index contributed by atoms with van der Waals surface area (Å²) >= 11 is 5.68. The first-order chi connectivity index (χ1) is 16.1. The van der Waals surface area contributed by atoms with Crippen LogP contribution in [0.5, 0.6) is 0 Å². The van der Waals surface area contributed by atoms with E-state index in [-0.39, 0.29) is 17.8 Å². The van der Waals surface area contributed by atoms with Gasteiger partial charge in [0.05, 0.1) is 28.9 Å². The minimum atomic E-state index is -0.418. The molecule has 0 saturated carbocycles. The van der Waals surface area contributed by atoms with Crippen molar-refractivity contribution in [2.24, 2.45) is 0 Å². The number of thiocarbonyl (C=S) groups is 1. The lowest BCUT2D eigenvalue weighted by molar-refractivity contribution is -0.384. The van der Waals surface area contributed by atoms with Gasteiger partial charge in [-0.3, -0.25) is 20.1 Å². The van der Waals surface area contributed by atoms with Gasteiger partial charge in [-0.2, -0.15) is 0 Å². The van der Waals surface area contributed by atoms with E-state index >= 15 is 0 Å². The molecule has 0 unspecified atom stereocenters. The zero-order chi connectivity index (χ0) is 22.8. The molecule has 1 saturated heterocycles. The Bertz CT molecular complexity index is 1300. The van der Waals surface area contributed by atoms with Crippen molar-refractivity contribution >= 4 is 23.0 Å². The van der Waals surface area contributed by atoms with Gasteiger partial charge in [-0.15, -0.1) is 0 Å². The Morgan fingerprint density at radius 1 is 1.03 bits per heavy atom. The van der Waals surface area contributed by atoms with Crippen LogP contribution < -0.4 is 5.32 Å². The van der Waals surface area contributed by atoms with Crippen molar-refractivity contribution in [3.05, 3.63) is 112 Å². The van der Waals surface area contributed by atoms with Crippen LogP contribution in [0.2, 0.25) is 0 Å². The molecule has 164 valence electrons. The number of nitrogens with one attached hydrogen (secondary N) is 1. The van der Waals surface area contributed by atoms with E-state index in [9.17, 15) is 10.1 Å². The van der Waals surface area contributed by atoms with E-state index in [1.165, 1.54) is 12.1 Å². The van der Waals surface area contributed by atoms with Crippen molar-refractivity contribution in [3.63, 3.8) is 0 Å². The summed E-state index contributed by atoms with van der Waals surface area (Å²) in [6.07, 6.45) is 3.50. The number of hydrogen-bond acceptors (Lipinski definition) is 6. The molecule has 2 atom stereocenters. The highest BCUT2D eigenvalue weighted by molar-refractivity contribution is 7.80. The summed E-state index contributed by atoms with van der Waals surface area (Å²) in [5.74, 6) is 1.22. The second-order valence-corrected chi connectivity index (χ2v) is 7.97. The summed E-state index contributed by atoms with van der Waals surface area (Å²) in [7, 11) is 0. The number of nitro benzene ring substituents is 1. The molecule has 8 nitrogen and oxygen atoms in total. The largest absolute Gasteiger partial charge is 0.459 e. The Kier molecular flexibility index (Phi) is 5.54. The molecule has 1 N–H and O–H groups in total. The van der Waals surface area contributed by atoms with E-state index in [0.717, 1.165) is 11.4 Å². The molecular weight excluding hydrogens is 438 g/mol. The maximum atomic E-state index is 11.2. The maximum Gasteiger partial charge on any atom is 0.270 e. The minimum Gasteiger partial charge on any atom is -0.459 e. The quantitative estimate of drug-likeness (QED) is 0.250. The van der Waals surface area contributed by atoms with E-state index in [4.69, 9.17) is 16.6 Å². The molecule has 3 aromatic heterocycles. The summed E-state index contributed by atoms with van der Waals surface area (Å²) in [5, 5.41) is 15.1. The predicted molar refractivity (Wildman–Crippen MR) is 126 cm³/mol. The first-order valence-corrected chi connectivity index (χ1v) is 10.7. The van der Waals surface area contributed by atoms with Crippen LogP contribution in [-0.2, 0) is 6.54 Å². The summed E-state index contributed by atoms with van der Waals surface area (Å²) in [6.45, 7) is 0.494. The fraction of sp³-hybridized carbons (Fsp3) is 0.125. The molecule has 9 heteroatoms. The van der Waals surface area contributed by atoms with Gasteiger partial charge in [0.25, 0.3) is 5.69 Å². The van der Waals surface area contributed by atoms with E-state index in [0.29, 0.717) is 28.7 Å². The van der Waals surface area contributed by atoms with Gasteiger partial charge in [-0.1, -0.05) is 24.3 Å². The first kappa shape index (κ1) is 20.8. The Morgan fingerprint density at radius 3 is 2.58 bits per heavy atom. The molecule has 0 bridgehead atoms. The third-order valence-electron chi connectivity index (χ3n) is 5.52. The van der Waals surface area contributed by atoms with Crippen molar-refractivity contribution in [1.29, 1.82) is 0 Å². The summed E-state index contributed by atoms with van der Waals surface area (Å²) < 4.78 is 6.24. The summed E-state index contributed by atoms with van der Waals surface area (Å²) in [6, 6.07) is 21.1. The SMILES string of the molecule is O=[N+]([O-])c1cccc(-c2ccc([C@H]3[C@@H](c4ccccn4)NC(=S)N3Cc3ccccn3)o2)c1. The monoisotopic (exact) mass is 457 g/mol. The van der Waals surface area contributed by atoms with Gasteiger partial charge in [0.15, 0.2) is 5.11 Å². The predicted octanol–water partition coefficient (Wildman–Crippen LogP) is 4.82. The second-order valence-electron chi connectivity index (χ2n) is 7.59. The Balaban J connectivity index is 1.53. The fourth-order valence-electron chi connectivity index (χ4n) is 3.99. The highest BCUT2D eigenvalue weighted by Gasteiger charge is 2.41. The molecule has 0 radical (unpaired) electrons. The topological polar surface area (TPSA) is 97.3 Å². The van der Waals surface area contributed by atoms with E-state index < -0.39 is 4.92 Å². The van der Waals surface area contributed by atoms with Crippen LogP contribution in [0.4, 0.5) is 5.69 Å². The molecule has 0 amide bonds. The molecule has 0 aliphatic carbocycles. The van der Waals surface area contributed by atoms with Crippen LogP contribution in [0.15, 0.2) is 89.6 Å². The van der Waals surface area contributed by atoms with Gasteiger partial charge in [0, 0.05) is 30.1 Å². The van der Waals surface area contributed by atoms with Gasteiger partial charge in [0.1, 0.15) is 17.6 Å². The summed E-state index contributed by atoms with van der Waals surface area (Å²) in [5.41, 5.74) is 2.35. The van der Waals surface area contributed by atoms with Crippen LogP contribution in [0.1, 0.15) is 29.2 Å². The molecule has 4 aromatic rings. The molecule has 4 heterocycles. The van der Waals surface area contributed by atoms with Crippen LogP contribution >= 0.6 is 12.2 Å². The van der Waals surface area contributed by atoms with Gasteiger partial charge in [-0.25, -0.2) is 0 Å². The standard InChI is InChI=1S/C24H19N5O3S/c30-29(31)18-8-5-6-16(14-18)20-10-11-21(32-20)23-22(19-9-2-4-13-26-19)27-24(33)28(23)15-17-7-1-3-12-25-17/h1-14,22-23H,15H2,(H,27,33)/t22-,23+/m1/s1. The molecule has 1 aliphatic heterocycles. The Morgan fingerprint density at radius 2 is 1.85 bits per heavy atom. The minimum absolute atomic E-state index is 0.0114. The number of furan rings is 1. The van der Waals surface area contributed by atoms with Crippen LogP contribution in [-0.4, -0.2) is 24.9 Å². The van der Waals surface area contributed by atoms with Crippen LogP contribution in [0.3, 0.4) is 0 Å². The van der Waals surface area contributed by atoms with Gasteiger partial charge in [-0.05, 0) is 48.6 Å². The first-order valence-electron chi connectivity index (χ1n) is 10.3. The third kappa shape index (κ3) is 4.18. The lowest BCUT2D eigenvalue weighted by Gasteiger charge is -2.25. The molecular formula is C24H19N5O3S. The number of non-ortho nitro benzene ring substituents is 1. The highest BCUT2D eigenvalue weighted by atomic mass is 32.1. The van der Waals surface area contributed by atoms with E-state index in [1.807, 2.05) is 53.4 Å². The zero-order valence-electron chi connectivity index (χ0n) is 17.4. The number of hydrogen-bond donors (Lipinski definition) is 1. The second kappa shape index (κ2) is 8.79. The van der Waals surface area contributed by atoms with Gasteiger partial charge >= 0.3 is 0 Å². The van der Waals surface area contributed by atoms with Crippen molar-refractivity contribution in [1.82, 2.24) is 20.2 Å². The molecule has 1 fully saturated rings. The molecule has 33 heavy (non-hydrogen) atoms. The number of rotatable bonds is 6. The number of aromatic nitrogens is 2. The molecule has 0 spiro atoms. The van der Waals surface area contributed by atoms with Gasteiger partial charge < -0.3 is 14.6 Å². The Hall–Kier alpha value is -4.11. The fourth-order valence-corrected chi connectivity index (χ4v) is 4.30. The smallest absolute Gasteiger partial charge is 0.270 e. The number of nitro groups is 1. The van der Waals surface area contributed by atoms with Crippen LogP contribution in [0, 0.1) is 10.1 Å². The summed E-state index contributed by atoms with van der Waals surface area (Å²) in [4.78, 5) is 21.8. The van der Waals surface area contributed by atoms with Crippen molar-refractivity contribution in [2.45, 2.75) is 18.6 Å². The number of pyridine rings is 2. The van der Waals surface area contributed by atoms with Gasteiger partial charge in [0.2, 0.25) is 0 Å². The third-order valence-corrected chi connectivity index (χ3v) is 5.87. The lowest BCUT2D eigenvalue weighted by atomic mass is 10.0. The van der Waals surface area contributed by atoms with Crippen LogP contribution in [0.25, 0.3) is 11.3 Å². The zero-order valence-corrected chi connectivity index (χ0v) is 18.2. The number of nitrogens with zero attached hydrogens (tertiary/aromatic N) is 4. The molecule has 5 rings (SSSR count). The van der Waals surface area contributed by atoms with Crippen molar-refractivity contribution in [3.8, 4) is 11.3 Å².